The predicted octanol–water partition coefficient (Wildman–Crippen LogP) is 3.48. The first-order valence-electron chi connectivity index (χ1n) is 8.88. The molecule has 3 atom stereocenters. The molecule has 27 heavy (non-hydrogen) atoms. The number of carbonyl (C=O) groups excluding carboxylic acids is 1. The lowest BCUT2D eigenvalue weighted by Gasteiger charge is -2.22. The summed E-state index contributed by atoms with van der Waals surface area (Å²) in [4.78, 5) is 19.6. The van der Waals surface area contributed by atoms with E-state index in [1.54, 1.807) is 23.3 Å². The summed E-state index contributed by atoms with van der Waals surface area (Å²) < 4.78 is 0.630. The molecule has 0 aliphatic carbocycles. The molecule has 3 aromatic rings. The van der Waals surface area contributed by atoms with Crippen LogP contribution in [0.15, 0.2) is 85.1 Å². The fraction of sp³-hybridized carbons (Fsp3) is 0.182. The van der Waals surface area contributed by atoms with E-state index in [0.717, 1.165) is 11.1 Å². The Labute approximate surface area is 158 Å². The Balaban J connectivity index is 1.82. The van der Waals surface area contributed by atoms with Crippen molar-refractivity contribution in [2.75, 3.05) is 7.05 Å². The van der Waals surface area contributed by atoms with E-state index in [2.05, 4.69) is 0 Å². The molecule has 0 bridgehead atoms. The van der Waals surface area contributed by atoms with Gasteiger partial charge in [0.25, 0.3) is 5.69 Å². The Morgan fingerprint density at radius 3 is 2.15 bits per heavy atom. The minimum atomic E-state index is -0.539. The Bertz CT molecular complexity index is 931. The van der Waals surface area contributed by atoms with E-state index < -0.39 is 12.0 Å². The van der Waals surface area contributed by atoms with Crippen molar-refractivity contribution in [3.05, 3.63) is 107 Å². The lowest BCUT2D eigenvalue weighted by Crippen LogP contribution is -2.38. The Morgan fingerprint density at radius 2 is 1.52 bits per heavy atom. The molecule has 1 aliphatic heterocycles. The Morgan fingerprint density at radius 1 is 0.926 bits per heavy atom. The molecule has 136 valence electrons. The average molecular weight is 360 g/mol. The first-order chi connectivity index (χ1) is 13.2. The molecule has 0 spiro atoms. The summed E-state index contributed by atoms with van der Waals surface area (Å²) in [6, 6.07) is 24.0. The fourth-order valence-electron chi connectivity index (χ4n) is 3.75. The van der Waals surface area contributed by atoms with Crippen molar-refractivity contribution in [1.29, 1.82) is 0 Å². The number of rotatable bonds is 4. The van der Waals surface area contributed by atoms with Crippen LogP contribution in [0, 0.1) is 11.1 Å². The van der Waals surface area contributed by atoms with Gasteiger partial charge in [0.1, 0.15) is 6.10 Å². The molecule has 1 fully saturated rings. The van der Waals surface area contributed by atoms with Crippen molar-refractivity contribution in [3.8, 4) is 0 Å². The molecule has 1 saturated heterocycles. The molecule has 0 unspecified atom stereocenters. The number of hydroxylamine groups is 2. The quantitative estimate of drug-likeness (QED) is 0.406. The average Bonchev–Trinajstić information content (AvgIpc) is 3.06. The monoisotopic (exact) mass is 360 g/mol. The molecule has 1 aromatic heterocycles. The van der Waals surface area contributed by atoms with Gasteiger partial charge in [-0.1, -0.05) is 60.7 Å². The molecule has 0 amide bonds. The predicted molar refractivity (Wildman–Crippen MR) is 100 cm³/mol. The van der Waals surface area contributed by atoms with Gasteiger partial charge in [0.15, 0.2) is 6.20 Å². The summed E-state index contributed by atoms with van der Waals surface area (Å²) in [5, 5.41) is 14.0. The number of hydrogen-bond acceptors (Lipinski definition) is 4. The standard InChI is InChI=1S/C22H20N2O3/c1-23-20(16-10-4-2-5-11-16)19(21(25)18-14-8-9-15-24(18)26)22(27-23)17-12-6-3-7-13-17/h2-15,19-20,22H,1H3/t19-,20+,22-/m0/s1. The van der Waals surface area contributed by atoms with Gasteiger partial charge in [-0.05, 0) is 17.2 Å². The van der Waals surface area contributed by atoms with Crippen LogP contribution in [0.4, 0.5) is 0 Å². The third-order valence-electron chi connectivity index (χ3n) is 4.99. The second kappa shape index (κ2) is 7.31. The van der Waals surface area contributed by atoms with Crippen LogP contribution in [0.3, 0.4) is 0 Å². The maximum Gasteiger partial charge on any atom is 0.260 e. The van der Waals surface area contributed by atoms with Gasteiger partial charge in [0.05, 0.1) is 12.0 Å². The van der Waals surface area contributed by atoms with Crippen molar-refractivity contribution in [2.45, 2.75) is 12.1 Å². The van der Waals surface area contributed by atoms with Crippen LogP contribution in [0.2, 0.25) is 0 Å². The van der Waals surface area contributed by atoms with Gasteiger partial charge in [0.2, 0.25) is 5.78 Å². The van der Waals surface area contributed by atoms with Crippen LogP contribution in [0.25, 0.3) is 0 Å². The number of carbonyl (C=O) groups is 1. The minimum absolute atomic E-state index is 0.128. The second-order valence-corrected chi connectivity index (χ2v) is 6.64. The van der Waals surface area contributed by atoms with E-state index in [9.17, 15) is 10.0 Å². The van der Waals surface area contributed by atoms with Crippen LogP contribution in [-0.4, -0.2) is 17.9 Å². The van der Waals surface area contributed by atoms with Gasteiger partial charge in [-0.15, -0.1) is 0 Å². The highest BCUT2D eigenvalue weighted by atomic mass is 16.7. The molecule has 2 heterocycles. The number of aromatic nitrogens is 1. The number of pyridine rings is 1. The van der Waals surface area contributed by atoms with Gasteiger partial charge in [-0.25, -0.2) is 0 Å². The molecule has 0 saturated carbocycles. The summed E-state index contributed by atoms with van der Waals surface area (Å²) in [6.07, 6.45) is 0.885. The zero-order valence-electron chi connectivity index (χ0n) is 14.9. The van der Waals surface area contributed by atoms with E-state index in [4.69, 9.17) is 4.84 Å². The third kappa shape index (κ3) is 3.23. The fourth-order valence-corrected chi connectivity index (χ4v) is 3.75. The summed E-state index contributed by atoms with van der Waals surface area (Å²) in [7, 11) is 1.83. The zero-order valence-corrected chi connectivity index (χ0v) is 14.9. The summed E-state index contributed by atoms with van der Waals surface area (Å²) in [5.74, 6) is -0.764. The topological polar surface area (TPSA) is 56.5 Å². The number of nitrogens with zero attached hydrogens (tertiary/aromatic N) is 2. The van der Waals surface area contributed by atoms with Crippen molar-refractivity contribution in [1.82, 2.24) is 5.06 Å². The normalized spacial score (nSPS) is 22.6. The third-order valence-corrected chi connectivity index (χ3v) is 4.99. The highest BCUT2D eigenvalue weighted by Crippen LogP contribution is 2.47. The first-order valence-corrected chi connectivity index (χ1v) is 8.88. The van der Waals surface area contributed by atoms with E-state index in [0.29, 0.717) is 4.73 Å². The van der Waals surface area contributed by atoms with Gasteiger partial charge < -0.3 is 5.21 Å². The molecule has 5 heteroatoms. The minimum Gasteiger partial charge on any atom is -0.618 e. The van der Waals surface area contributed by atoms with Crippen molar-refractivity contribution in [2.24, 2.45) is 5.92 Å². The molecule has 0 radical (unpaired) electrons. The Kier molecular flexibility index (Phi) is 4.71. The molecule has 5 nitrogen and oxygen atoms in total. The number of ketones is 1. The highest BCUT2D eigenvalue weighted by molar-refractivity contribution is 5.96. The first kappa shape index (κ1) is 17.4. The number of benzene rings is 2. The zero-order chi connectivity index (χ0) is 18.8. The maximum absolute atomic E-state index is 13.5. The second-order valence-electron chi connectivity index (χ2n) is 6.64. The highest BCUT2D eigenvalue weighted by Gasteiger charge is 2.49. The van der Waals surface area contributed by atoms with Crippen LogP contribution in [-0.2, 0) is 4.84 Å². The van der Waals surface area contributed by atoms with Crippen LogP contribution in [0.5, 0.6) is 0 Å². The van der Waals surface area contributed by atoms with Crippen LogP contribution in [0.1, 0.15) is 33.8 Å². The van der Waals surface area contributed by atoms with Gasteiger partial charge >= 0.3 is 0 Å². The van der Waals surface area contributed by atoms with E-state index >= 15 is 0 Å². The smallest absolute Gasteiger partial charge is 0.260 e. The number of Topliss-reactive ketones (excluding diaryl/α,β-unsaturated/α-hetero) is 1. The van der Waals surface area contributed by atoms with Gasteiger partial charge in [-0.2, -0.15) is 9.79 Å². The molecule has 0 N–H and O–H groups in total. The van der Waals surface area contributed by atoms with Crippen molar-refractivity contribution < 1.29 is 14.4 Å². The lowest BCUT2D eigenvalue weighted by molar-refractivity contribution is -0.607. The van der Waals surface area contributed by atoms with Crippen LogP contribution < -0.4 is 4.73 Å². The maximum atomic E-state index is 13.5. The molecule has 4 rings (SSSR count). The van der Waals surface area contributed by atoms with E-state index in [1.807, 2.05) is 67.7 Å². The van der Waals surface area contributed by atoms with Gasteiger partial charge in [-0.3, -0.25) is 9.63 Å². The molecular weight excluding hydrogens is 340 g/mol. The molecule has 1 aliphatic rings. The SMILES string of the molecule is CN1O[C@@H](c2ccccc2)[C@H](C(=O)c2cccc[n+]2[O-])[C@H]1c1ccccc1. The lowest BCUT2D eigenvalue weighted by atomic mass is 9.82. The number of hydrogen-bond donors (Lipinski definition) is 0. The molecule has 2 aromatic carbocycles. The van der Waals surface area contributed by atoms with E-state index in [-0.39, 0.29) is 17.5 Å². The van der Waals surface area contributed by atoms with Crippen molar-refractivity contribution >= 4 is 5.78 Å². The van der Waals surface area contributed by atoms with Crippen molar-refractivity contribution in [3.63, 3.8) is 0 Å². The van der Waals surface area contributed by atoms with E-state index in [1.165, 1.54) is 6.20 Å². The van der Waals surface area contributed by atoms with Gasteiger partial charge in [0, 0.05) is 19.2 Å². The summed E-state index contributed by atoms with van der Waals surface area (Å²) >= 11 is 0. The Hall–Kier alpha value is -3.02. The summed E-state index contributed by atoms with van der Waals surface area (Å²) in [5.41, 5.74) is 2.02. The largest absolute Gasteiger partial charge is 0.618 e. The summed E-state index contributed by atoms with van der Waals surface area (Å²) in [6.45, 7) is 0. The van der Waals surface area contributed by atoms with Crippen LogP contribution >= 0.6 is 0 Å². The molecular formula is C22H20N2O3.